The second-order valence-corrected chi connectivity index (χ2v) is 4.74. The van der Waals surface area contributed by atoms with E-state index in [1.54, 1.807) is 12.1 Å². The summed E-state index contributed by atoms with van der Waals surface area (Å²) in [6.07, 6.45) is 0.655. The van der Waals surface area contributed by atoms with Crippen molar-refractivity contribution in [1.82, 2.24) is 0 Å². The minimum atomic E-state index is 0.0550. The standard InChI is InChI=1S/C12H11ClO2S/c1-9(14)16-7-3-2-4-10-5-6-12(15)11(13)8-10/h5-6,8,15H,3,7H2,1H3. The Bertz CT molecular complexity index is 446. The van der Waals surface area contributed by atoms with Crippen molar-refractivity contribution in [2.24, 2.45) is 0 Å². The van der Waals surface area contributed by atoms with E-state index >= 15 is 0 Å². The molecule has 2 nitrogen and oxygen atoms in total. The van der Waals surface area contributed by atoms with Gasteiger partial charge in [0.15, 0.2) is 5.12 Å². The number of aromatic hydroxyl groups is 1. The summed E-state index contributed by atoms with van der Waals surface area (Å²) in [4.78, 5) is 10.6. The van der Waals surface area contributed by atoms with Crippen LogP contribution in [0, 0.1) is 11.8 Å². The number of halogens is 1. The van der Waals surface area contributed by atoms with E-state index in [4.69, 9.17) is 11.6 Å². The van der Waals surface area contributed by atoms with Crippen LogP contribution in [0.1, 0.15) is 18.9 Å². The average molecular weight is 255 g/mol. The zero-order valence-corrected chi connectivity index (χ0v) is 10.4. The lowest BCUT2D eigenvalue weighted by Gasteiger charge is -1.95. The van der Waals surface area contributed by atoms with E-state index in [1.165, 1.54) is 24.8 Å². The fourth-order valence-electron chi connectivity index (χ4n) is 0.995. The highest BCUT2D eigenvalue weighted by molar-refractivity contribution is 8.13. The molecule has 84 valence electrons. The highest BCUT2D eigenvalue weighted by atomic mass is 35.5. The molecule has 0 aliphatic heterocycles. The molecule has 1 aromatic carbocycles. The number of phenols is 1. The lowest BCUT2D eigenvalue weighted by atomic mass is 10.2. The van der Waals surface area contributed by atoms with Crippen molar-refractivity contribution >= 4 is 28.5 Å². The molecule has 1 aromatic rings. The summed E-state index contributed by atoms with van der Waals surface area (Å²) < 4.78 is 0. The number of carbonyl (C=O) groups is 1. The summed E-state index contributed by atoms with van der Waals surface area (Å²) in [6.45, 7) is 1.54. The number of hydrogen-bond acceptors (Lipinski definition) is 3. The van der Waals surface area contributed by atoms with Gasteiger partial charge in [0.2, 0.25) is 0 Å². The Kier molecular flexibility index (Phi) is 5.24. The van der Waals surface area contributed by atoms with E-state index in [-0.39, 0.29) is 10.9 Å². The molecule has 4 heteroatoms. The van der Waals surface area contributed by atoms with Crippen LogP contribution in [0.25, 0.3) is 0 Å². The van der Waals surface area contributed by atoms with Crippen molar-refractivity contribution in [3.8, 4) is 17.6 Å². The molecular weight excluding hydrogens is 244 g/mol. The normalized spacial score (nSPS) is 9.38. The largest absolute Gasteiger partial charge is 0.506 e. The summed E-state index contributed by atoms with van der Waals surface area (Å²) in [5.74, 6) is 6.61. The Morgan fingerprint density at radius 3 is 2.94 bits per heavy atom. The molecule has 16 heavy (non-hydrogen) atoms. The smallest absolute Gasteiger partial charge is 0.185 e. The molecule has 0 spiro atoms. The fourth-order valence-corrected chi connectivity index (χ4v) is 1.67. The van der Waals surface area contributed by atoms with E-state index in [0.29, 0.717) is 17.2 Å². The SMILES string of the molecule is CC(=O)SCCC#Cc1ccc(O)c(Cl)c1. The van der Waals surface area contributed by atoms with Crippen molar-refractivity contribution in [3.05, 3.63) is 28.8 Å². The van der Waals surface area contributed by atoms with Gasteiger partial charge in [-0.3, -0.25) is 4.79 Å². The van der Waals surface area contributed by atoms with Crippen LogP contribution in [0.15, 0.2) is 18.2 Å². The predicted octanol–water partition coefficient (Wildman–Crippen LogP) is 3.07. The Balaban J connectivity index is 2.50. The first-order valence-corrected chi connectivity index (χ1v) is 6.06. The maximum absolute atomic E-state index is 10.6. The Hall–Kier alpha value is -1.11. The van der Waals surface area contributed by atoms with Crippen LogP contribution in [-0.2, 0) is 4.79 Å². The van der Waals surface area contributed by atoms with Gasteiger partial charge in [0.05, 0.1) is 5.02 Å². The van der Waals surface area contributed by atoms with Gasteiger partial charge in [-0.25, -0.2) is 0 Å². The quantitative estimate of drug-likeness (QED) is 0.651. The highest BCUT2D eigenvalue weighted by Gasteiger charge is 1.97. The minimum Gasteiger partial charge on any atom is -0.506 e. The number of carbonyl (C=O) groups excluding carboxylic acids is 1. The molecule has 1 rings (SSSR count). The molecular formula is C12H11ClO2S. The number of hydrogen-bond donors (Lipinski definition) is 1. The van der Waals surface area contributed by atoms with E-state index in [0.717, 1.165) is 5.56 Å². The molecule has 0 aliphatic carbocycles. The lowest BCUT2D eigenvalue weighted by molar-refractivity contribution is -0.109. The van der Waals surface area contributed by atoms with Crippen molar-refractivity contribution in [3.63, 3.8) is 0 Å². The lowest BCUT2D eigenvalue weighted by Crippen LogP contribution is -1.84. The van der Waals surface area contributed by atoms with Gasteiger partial charge in [0.1, 0.15) is 5.75 Å². The van der Waals surface area contributed by atoms with Gasteiger partial charge in [-0.15, -0.1) is 0 Å². The van der Waals surface area contributed by atoms with Crippen LogP contribution in [0.3, 0.4) is 0 Å². The Morgan fingerprint density at radius 1 is 1.56 bits per heavy atom. The fraction of sp³-hybridized carbons (Fsp3) is 0.250. The average Bonchev–Trinajstić information content (AvgIpc) is 2.22. The molecule has 0 aromatic heterocycles. The molecule has 0 aliphatic rings. The van der Waals surface area contributed by atoms with Gasteiger partial charge in [0, 0.05) is 24.7 Å². The number of thioether (sulfide) groups is 1. The Labute approximate surface area is 104 Å². The van der Waals surface area contributed by atoms with E-state index in [1.807, 2.05) is 0 Å². The molecule has 0 bridgehead atoms. The molecule has 1 N–H and O–H groups in total. The van der Waals surface area contributed by atoms with Crippen LogP contribution < -0.4 is 0 Å². The minimum absolute atomic E-state index is 0.0550. The zero-order chi connectivity index (χ0) is 12.0. The molecule has 0 fully saturated rings. The molecule has 0 atom stereocenters. The van der Waals surface area contributed by atoms with Gasteiger partial charge >= 0.3 is 0 Å². The first kappa shape index (κ1) is 13.0. The van der Waals surface area contributed by atoms with Crippen molar-refractivity contribution in [2.75, 3.05) is 5.75 Å². The summed E-state index contributed by atoms with van der Waals surface area (Å²) in [5.41, 5.74) is 0.760. The second-order valence-electron chi connectivity index (χ2n) is 3.06. The highest BCUT2D eigenvalue weighted by Crippen LogP contribution is 2.23. The molecule has 0 unspecified atom stereocenters. The topological polar surface area (TPSA) is 37.3 Å². The third kappa shape index (κ3) is 4.61. The van der Waals surface area contributed by atoms with Crippen LogP contribution in [0.4, 0.5) is 0 Å². The van der Waals surface area contributed by atoms with Crippen LogP contribution in [0.2, 0.25) is 5.02 Å². The maximum atomic E-state index is 10.6. The van der Waals surface area contributed by atoms with Crippen molar-refractivity contribution in [1.29, 1.82) is 0 Å². The maximum Gasteiger partial charge on any atom is 0.185 e. The summed E-state index contributed by atoms with van der Waals surface area (Å²) in [5, 5.41) is 9.60. The molecule has 0 amide bonds. The predicted molar refractivity (Wildman–Crippen MR) is 67.8 cm³/mol. The molecule has 0 saturated heterocycles. The van der Waals surface area contributed by atoms with Gasteiger partial charge in [-0.2, -0.15) is 0 Å². The van der Waals surface area contributed by atoms with E-state index < -0.39 is 0 Å². The first-order chi connectivity index (χ1) is 7.59. The monoisotopic (exact) mass is 254 g/mol. The number of phenolic OH excluding ortho intramolecular Hbond substituents is 1. The summed E-state index contributed by atoms with van der Waals surface area (Å²) >= 11 is 6.99. The van der Waals surface area contributed by atoms with Crippen LogP contribution in [-0.4, -0.2) is 16.0 Å². The van der Waals surface area contributed by atoms with Crippen LogP contribution >= 0.6 is 23.4 Å². The first-order valence-electron chi connectivity index (χ1n) is 4.70. The second kappa shape index (κ2) is 6.47. The van der Waals surface area contributed by atoms with Crippen LogP contribution in [0.5, 0.6) is 5.75 Å². The van der Waals surface area contributed by atoms with Crippen molar-refractivity contribution < 1.29 is 9.90 Å². The summed E-state index contributed by atoms with van der Waals surface area (Å²) in [7, 11) is 0. The summed E-state index contributed by atoms with van der Waals surface area (Å²) in [6, 6.07) is 4.82. The third-order valence-electron chi connectivity index (χ3n) is 1.71. The van der Waals surface area contributed by atoms with Gasteiger partial charge in [-0.1, -0.05) is 35.2 Å². The molecule has 0 saturated carbocycles. The molecule has 0 heterocycles. The third-order valence-corrected chi connectivity index (χ3v) is 2.83. The van der Waals surface area contributed by atoms with Gasteiger partial charge in [-0.05, 0) is 18.2 Å². The number of benzene rings is 1. The van der Waals surface area contributed by atoms with Gasteiger partial charge < -0.3 is 5.11 Å². The van der Waals surface area contributed by atoms with E-state index in [2.05, 4.69) is 11.8 Å². The van der Waals surface area contributed by atoms with E-state index in [9.17, 15) is 9.90 Å². The number of rotatable bonds is 2. The molecule has 0 radical (unpaired) electrons. The van der Waals surface area contributed by atoms with Crippen molar-refractivity contribution in [2.45, 2.75) is 13.3 Å². The zero-order valence-electron chi connectivity index (χ0n) is 8.79. The Morgan fingerprint density at radius 2 is 2.31 bits per heavy atom. The van der Waals surface area contributed by atoms with Gasteiger partial charge in [0.25, 0.3) is 0 Å².